The van der Waals surface area contributed by atoms with Crippen molar-refractivity contribution in [1.29, 1.82) is 0 Å². The number of methoxy groups -OCH3 is 2. The van der Waals surface area contributed by atoms with E-state index in [4.69, 9.17) is 21.1 Å². The topological polar surface area (TPSA) is 67.9 Å². The SMILES string of the molecule is COc1cc2c(cc1OC)C(C(=O)NCc1ccc(F)cc1Cl)C(c1ccccc1F)N(C)C2=O. The Morgan fingerprint density at radius 1 is 1.03 bits per heavy atom. The molecule has 3 aromatic rings. The summed E-state index contributed by atoms with van der Waals surface area (Å²) in [5, 5.41) is 2.98. The van der Waals surface area contributed by atoms with E-state index in [2.05, 4.69) is 5.32 Å². The second-order valence-corrected chi connectivity index (χ2v) is 8.52. The molecule has 3 aromatic carbocycles. The average molecular weight is 501 g/mol. The number of fused-ring (bicyclic) bond motifs is 1. The van der Waals surface area contributed by atoms with Crippen LogP contribution in [-0.2, 0) is 11.3 Å². The molecule has 0 aliphatic carbocycles. The van der Waals surface area contributed by atoms with E-state index in [1.54, 1.807) is 18.2 Å². The molecule has 0 bridgehead atoms. The van der Waals surface area contributed by atoms with Crippen molar-refractivity contribution in [2.24, 2.45) is 0 Å². The monoisotopic (exact) mass is 500 g/mol. The normalized spacial score (nSPS) is 17.1. The van der Waals surface area contributed by atoms with E-state index in [1.165, 1.54) is 56.5 Å². The van der Waals surface area contributed by atoms with E-state index < -0.39 is 29.5 Å². The summed E-state index contributed by atoms with van der Waals surface area (Å²) < 4.78 is 39.1. The minimum absolute atomic E-state index is 0.0126. The lowest BCUT2D eigenvalue weighted by atomic mass is 9.79. The number of likely N-dealkylation sites (N-methyl/N-ethyl adjacent to an activating group) is 1. The fourth-order valence-corrected chi connectivity index (χ4v) is 4.63. The molecule has 2 amide bonds. The molecule has 6 nitrogen and oxygen atoms in total. The summed E-state index contributed by atoms with van der Waals surface area (Å²) in [4.78, 5) is 28.3. The Balaban J connectivity index is 1.82. The zero-order chi connectivity index (χ0) is 25.3. The van der Waals surface area contributed by atoms with E-state index in [1.807, 2.05) is 0 Å². The molecule has 0 saturated carbocycles. The minimum atomic E-state index is -0.983. The second kappa shape index (κ2) is 9.92. The van der Waals surface area contributed by atoms with Crippen LogP contribution in [0.2, 0.25) is 5.02 Å². The minimum Gasteiger partial charge on any atom is -0.493 e. The van der Waals surface area contributed by atoms with E-state index in [0.29, 0.717) is 22.6 Å². The molecule has 4 rings (SSSR count). The molecule has 35 heavy (non-hydrogen) atoms. The summed E-state index contributed by atoms with van der Waals surface area (Å²) in [5.74, 6) is -2.22. The zero-order valence-electron chi connectivity index (χ0n) is 19.3. The average Bonchev–Trinajstić information content (AvgIpc) is 2.85. The van der Waals surface area contributed by atoms with Gasteiger partial charge in [0.2, 0.25) is 5.91 Å². The van der Waals surface area contributed by atoms with Crippen LogP contribution in [0, 0.1) is 11.6 Å². The predicted octanol–water partition coefficient (Wildman–Crippen LogP) is 4.86. The van der Waals surface area contributed by atoms with Crippen LogP contribution in [0.15, 0.2) is 54.6 Å². The van der Waals surface area contributed by atoms with Gasteiger partial charge in [-0.15, -0.1) is 0 Å². The number of halogens is 3. The first-order chi connectivity index (χ1) is 16.8. The van der Waals surface area contributed by atoms with Gasteiger partial charge in [-0.05, 0) is 41.5 Å². The number of ether oxygens (including phenoxy) is 2. The summed E-state index contributed by atoms with van der Waals surface area (Å²) in [6.07, 6.45) is 0. The number of benzene rings is 3. The van der Waals surface area contributed by atoms with Crippen LogP contribution in [0.1, 0.15) is 39.0 Å². The Labute approximate surface area is 206 Å². The molecule has 0 saturated heterocycles. The highest BCUT2D eigenvalue weighted by atomic mass is 35.5. The highest BCUT2D eigenvalue weighted by Crippen LogP contribution is 2.46. The Morgan fingerprint density at radius 3 is 2.37 bits per heavy atom. The number of carbonyl (C=O) groups is 2. The van der Waals surface area contributed by atoms with Gasteiger partial charge in [0, 0.05) is 29.7 Å². The van der Waals surface area contributed by atoms with Gasteiger partial charge in [-0.1, -0.05) is 35.9 Å². The van der Waals surface area contributed by atoms with Crippen LogP contribution in [-0.4, -0.2) is 38.0 Å². The first-order valence-corrected chi connectivity index (χ1v) is 11.1. The number of nitrogens with zero attached hydrogens (tertiary/aromatic N) is 1. The lowest BCUT2D eigenvalue weighted by molar-refractivity contribution is -0.124. The van der Waals surface area contributed by atoms with Crippen molar-refractivity contribution in [3.05, 3.63) is 93.5 Å². The molecule has 0 aromatic heterocycles. The lowest BCUT2D eigenvalue weighted by Crippen LogP contribution is -2.45. The van der Waals surface area contributed by atoms with Gasteiger partial charge in [0.15, 0.2) is 11.5 Å². The molecule has 9 heteroatoms. The largest absolute Gasteiger partial charge is 0.493 e. The molecule has 1 aliphatic rings. The van der Waals surface area contributed by atoms with Gasteiger partial charge in [0.25, 0.3) is 5.91 Å². The molecule has 0 spiro atoms. The maximum atomic E-state index is 14.9. The van der Waals surface area contributed by atoms with Gasteiger partial charge in [0.1, 0.15) is 11.6 Å². The van der Waals surface area contributed by atoms with Crippen molar-refractivity contribution in [1.82, 2.24) is 10.2 Å². The number of amides is 2. The van der Waals surface area contributed by atoms with Crippen LogP contribution in [0.4, 0.5) is 8.78 Å². The van der Waals surface area contributed by atoms with E-state index in [9.17, 15) is 18.4 Å². The van der Waals surface area contributed by atoms with Gasteiger partial charge in [-0.2, -0.15) is 0 Å². The molecule has 2 atom stereocenters. The third-order valence-electron chi connectivity index (χ3n) is 6.15. The standard InChI is InChI=1S/C26H23ClF2N2O4/c1-31-24(16-6-4-5-7-20(16)29)23(25(32)30-13-14-8-9-15(28)10-19(14)27)17-11-21(34-2)22(35-3)12-18(17)26(31)33/h4-12,23-24H,13H2,1-3H3,(H,30,32). The van der Waals surface area contributed by atoms with Crippen molar-refractivity contribution < 1.29 is 27.8 Å². The van der Waals surface area contributed by atoms with Gasteiger partial charge in [-0.3, -0.25) is 9.59 Å². The fourth-order valence-electron chi connectivity index (χ4n) is 4.39. The number of hydrogen-bond donors (Lipinski definition) is 1. The summed E-state index contributed by atoms with van der Waals surface area (Å²) in [5.41, 5.74) is 1.33. The number of rotatable bonds is 6. The first-order valence-electron chi connectivity index (χ1n) is 10.8. The Morgan fingerprint density at radius 2 is 1.71 bits per heavy atom. The third kappa shape index (κ3) is 4.53. The molecule has 2 unspecified atom stereocenters. The van der Waals surface area contributed by atoms with Crippen LogP contribution < -0.4 is 14.8 Å². The van der Waals surface area contributed by atoms with Crippen molar-refractivity contribution in [3.8, 4) is 11.5 Å². The summed E-state index contributed by atoms with van der Waals surface area (Å²) in [7, 11) is 4.41. The number of hydrogen-bond acceptors (Lipinski definition) is 4. The van der Waals surface area contributed by atoms with Crippen molar-refractivity contribution in [2.75, 3.05) is 21.3 Å². The summed E-state index contributed by atoms with van der Waals surface area (Å²) in [6.45, 7) is 0.0126. The molecular formula is C26H23ClF2N2O4. The van der Waals surface area contributed by atoms with E-state index >= 15 is 0 Å². The molecule has 1 N–H and O–H groups in total. The Kier molecular flexibility index (Phi) is 6.93. The molecule has 1 heterocycles. The van der Waals surface area contributed by atoms with Crippen molar-refractivity contribution in [2.45, 2.75) is 18.5 Å². The van der Waals surface area contributed by atoms with Gasteiger partial charge in [0.05, 0.1) is 26.2 Å². The van der Waals surface area contributed by atoms with Crippen molar-refractivity contribution in [3.63, 3.8) is 0 Å². The fraction of sp³-hybridized carbons (Fsp3) is 0.231. The second-order valence-electron chi connectivity index (χ2n) is 8.11. The van der Waals surface area contributed by atoms with Crippen LogP contribution in [0.25, 0.3) is 0 Å². The maximum absolute atomic E-state index is 14.9. The Hall–Kier alpha value is -3.65. The van der Waals surface area contributed by atoms with E-state index in [-0.39, 0.29) is 28.6 Å². The number of nitrogens with one attached hydrogen (secondary N) is 1. The van der Waals surface area contributed by atoms with Gasteiger partial charge >= 0.3 is 0 Å². The zero-order valence-corrected chi connectivity index (χ0v) is 20.0. The van der Waals surface area contributed by atoms with Gasteiger partial charge < -0.3 is 19.7 Å². The Bertz CT molecular complexity index is 1300. The molecule has 0 fully saturated rings. The molecule has 182 valence electrons. The highest BCUT2D eigenvalue weighted by Gasteiger charge is 2.44. The highest BCUT2D eigenvalue weighted by molar-refractivity contribution is 6.31. The summed E-state index contributed by atoms with van der Waals surface area (Å²) in [6, 6.07) is 12.1. The quantitative estimate of drug-likeness (QED) is 0.525. The van der Waals surface area contributed by atoms with Crippen LogP contribution >= 0.6 is 11.6 Å². The molecular weight excluding hydrogens is 478 g/mol. The van der Waals surface area contributed by atoms with Crippen LogP contribution in [0.5, 0.6) is 11.5 Å². The smallest absolute Gasteiger partial charge is 0.254 e. The van der Waals surface area contributed by atoms with Crippen molar-refractivity contribution >= 4 is 23.4 Å². The molecule has 1 aliphatic heterocycles. The third-order valence-corrected chi connectivity index (χ3v) is 6.50. The first kappa shape index (κ1) is 24.5. The lowest BCUT2D eigenvalue weighted by Gasteiger charge is -2.40. The predicted molar refractivity (Wildman–Crippen MR) is 127 cm³/mol. The van der Waals surface area contributed by atoms with Gasteiger partial charge in [-0.25, -0.2) is 8.78 Å². The summed E-state index contributed by atoms with van der Waals surface area (Å²) >= 11 is 6.12. The number of carbonyl (C=O) groups excluding carboxylic acids is 2. The molecule has 0 radical (unpaired) electrons. The van der Waals surface area contributed by atoms with Crippen LogP contribution in [0.3, 0.4) is 0 Å². The maximum Gasteiger partial charge on any atom is 0.254 e. The van der Waals surface area contributed by atoms with E-state index in [0.717, 1.165) is 6.07 Å².